The molecule has 0 bridgehead atoms. The molecule has 0 spiro atoms. The molecular formula is C36H39F2N7O6. The summed E-state index contributed by atoms with van der Waals surface area (Å²) in [6, 6.07) is 14.3. The molecule has 1 aliphatic carbocycles. The van der Waals surface area contributed by atoms with Crippen molar-refractivity contribution in [2.45, 2.75) is 64.5 Å². The van der Waals surface area contributed by atoms with E-state index in [1.807, 2.05) is 0 Å². The summed E-state index contributed by atoms with van der Waals surface area (Å²) in [6.45, 7) is 5.82. The van der Waals surface area contributed by atoms with Crippen molar-refractivity contribution in [3.8, 4) is 22.5 Å². The summed E-state index contributed by atoms with van der Waals surface area (Å²) < 4.78 is 34.0. The first-order chi connectivity index (χ1) is 24.3. The summed E-state index contributed by atoms with van der Waals surface area (Å²) in [7, 11) is 0. The zero-order valence-electron chi connectivity index (χ0n) is 28.3. The molecule has 4 aromatic rings. The monoisotopic (exact) mass is 703 g/mol. The number of aromatic amines is 1. The van der Waals surface area contributed by atoms with Crippen molar-refractivity contribution >= 4 is 29.6 Å². The summed E-state index contributed by atoms with van der Waals surface area (Å²) in [5, 5.41) is 31.5. The van der Waals surface area contributed by atoms with Gasteiger partial charge in [0.2, 0.25) is 17.6 Å². The van der Waals surface area contributed by atoms with Crippen molar-refractivity contribution in [2.75, 3.05) is 11.9 Å². The average Bonchev–Trinajstić information content (AvgIpc) is 3.62. The number of carboxylic acid groups (broad SMARTS) is 1. The Bertz CT molecular complexity index is 1830. The summed E-state index contributed by atoms with van der Waals surface area (Å²) in [5.41, 5.74) is 0.762. The minimum absolute atomic E-state index is 0.106. The molecule has 3 amide bonds. The van der Waals surface area contributed by atoms with Crippen molar-refractivity contribution in [1.29, 1.82) is 0 Å². The normalized spacial score (nSPS) is 16.5. The number of carboxylic acids is 1. The van der Waals surface area contributed by atoms with Crippen LogP contribution in [0, 0.1) is 23.5 Å². The van der Waals surface area contributed by atoms with Gasteiger partial charge in [-0.15, -0.1) is 10.2 Å². The van der Waals surface area contributed by atoms with E-state index in [0.29, 0.717) is 60.4 Å². The number of aromatic nitrogens is 4. The molecule has 3 aromatic carbocycles. The van der Waals surface area contributed by atoms with Gasteiger partial charge in [0.05, 0.1) is 0 Å². The lowest BCUT2D eigenvalue weighted by Crippen LogP contribution is -2.48. The topological polar surface area (TPSA) is 188 Å². The molecule has 0 saturated heterocycles. The molecule has 13 nitrogen and oxygen atoms in total. The molecule has 1 fully saturated rings. The van der Waals surface area contributed by atoms with E-state index in [1.165, 1.54) is 0 Å². The number of ether oxygens (including phenoxy) is 1. The number of alkyl carbamates (subject to hydrolysis) is 1. The SMILES string of the molecule is CC(C)(C)OC(=O)NCC1CCC(C(=O)NC(Cc2ccc(-c3cc(F)c(C(=O)O)c(F)c3)cc2)C(=O)Nc2ccc(-c3nn[nH]n3)cc2)CC1. The van der Waals surface area contributed by atoms with Gasteiger partial charge in [-0.25, -0.2) is 18.4 Å². The Kier molecular flexibility index (Phi) is 11.4. The second-order valence-corrected chi connectivity index (χ2v) is 13.5. The second-order valence-electron chi connectivity index (χ2n) is 13.5. The number of hydrogen-bond donors (Lipinski definition) is 5. The number of nitrogens with zero attached hydrogens (tertiary/aromatic N) is 3. The first-order valence-electron chi connectivity index (χ1n) is 16.5. The molecule has 0 aliphatic heterocycles. The fraction of sp³-hybridized carbons (Fsp3) is 0.361. The molecule has 5 rings (SSSR count). The predicted molar refractivity (Wildman–Crippen MR) is 182 cm³/mol. The third-order valence-corrected chi connectivity index (χ3v) is 8.52. The van der Waals surface area contributed by atoms with E-state index in [-0.39, 0.29) is 29.7 Å². The highest BCUT2D eigenvalue weighted by molar-refractivity contribution is 5.98. The Morgan fingerprint density at radius 2 is 1.55 bits per heavy atom. The predicted octanol–water partition coefficient (Wildman–Crippen LogP) is 5.51. The van der Waals surface area contributed by atoms with E-state index in [9.17, 15) is 28.0 Å². The summed E-state index contributed by atoms with van der Waals surface area (Å²) in [4.78, 5) is 50.4. The van der Waals surface area contributed by atoms with Crippen molar-refractivity contribution in [3.63, 3.8) is 0 Å². The third-order valence-electron chi connectivity index (χ3n) is 8.52. The van der Waals surface area contributed by atoms with E-state index in [1.54, 1.807) is 69.3 Å². The van der Waals surface area contributed by atoms with Crippen LogP contribution in [0.5, 0.6) is 0 Å². The molecule has 1 saturated carbocycles. The summed E-state index contributed by atoms with van der Waals surface area (Å²) in [5.74, 6) is -4.56. The molecule has 1 unspecified atom stereocenters. The highest BCUT2D eigenvalue weighted by atomic mass is 19.1. The number of halogens is 2. The first-order valence-corrected chi connectivity index (χ1v) is 16.5. The Balaban J connectivity index is 1.26. The second kappa shape index (κ2) is 15.9. The lowest BCUT2D eigenvalue weighted by molar-refractivity contribution is -0.130. The van der Waals surface area contributed by atoms with E-state index in [0.717, 1.165) is 12.1 Å². The molecule has 1 atom stereocenters. The minimum Gasteiger partial charge on any atom is -0.477 e. The van der Waals surface area contributed by atoms with Crippen molar-refractivity contribution in [1.82, 2.24) is 31.3 Å². The number of H-pyrrole nitrogens is 1. The number of aromatic carboxylic acids is 1. The lowest BCUT2D eigenvalue weighted by Gasteiger charge is -2.29. The van der Waals surface area contributed by atoms with Gasteiger partial charge in [-0.05, 0) is 111 Å². The molecule has 1 heterocycles. The number of rotatable bonds is 11. The number of carbonyl (C=O) groups excluding carboxylic acids is 3. The standard InChI is InChI=1S/C36H39F2N7O6/c1-36(2,3)51-35(50)39-19-21-6-10-24(11-7-21)32(46)41-29(33(47)40-26-14-12-23(13-15-26)31-42-44-45-43-31)16-20-4-8-22(9-5-20)25-17-27(37)30(34(48)49)28(38)18-25/h4-5,8-9,12-15,17-18,21,24,29H,6-7,10-11,16,19H2,1-3H3,(H,39,50)(H,40,47)(H,41,46)(H,48,49)(H,42,43,44,45). The van der Waals surface area contributed by atoms with Gasteiger partial charge in [-0.2, -0.15) is 5.21 Å². The fourth-order valence-electron chi connectivity index (χ4n) is 5.90. The number of benzene rings is 3. The minimum atomic E-state index is -1.70. The molecule has 268 valence electrons. The van der Waals surface area contributed by atoms with Crippen LogP contribution in [0.2, 0.25) is 0 Å². The van der Waals surface area contributed by atoms with Gasteiger partial charge in [-0.3, -0.25) is 9.59 Å². The Morgan fingerprint density at radius 3 is 2.12 bits per heavy atom. The summed E-state index contributed by atoms with van der Waals surface area (Å²) in [6.07, 6.45) is 2.22. The van der Waals surface area contributed by atoms with Gasteiger partial charge in [0.25, 0.3) is 0 Å². The number of anilines is 1. The quantitative estimate of drug-likeness (QED) is 0.134. The molecule has 0 radical (unpaired) electrons. The number of hydrogen-bond acceptors (Lipinski definition) is 8. The lowest BCUT2D eigenvalue weighted by atomic mass is 9.81. The number of nitrogens with one attached hydrogen (secondary N) is 4. The van der Waals surface area contributed by atoms with Crippen molar-refractivity contribution in [3.05, 3.63) is 83.4 Å². The van der Waals surface area contributed by atoms with Crippen LogP contribution in [0.1, 0.15) is 62.4 Å². The number of amides is 3. The van der Waals surface area contributed by atoms with E-state index in [2.05, 4.69) is 36.6 Å². The van der Waals surface area contributed by atoms with Gasteiger partial charge in [-0.1, -0.05) is 24.3 Å². The highest BCUT2D eigenvalue weighted by Gasteiger charge is 2.30. The van der Waals surface area contributed by atoms with E-state index < -0.39 is 46.8 Å². The van der Waals surface area contributed by atoms with Crippen molar-refractivity contribution in [2.24, 2.45) is 11.8 Å². The molecule has 15 heteroatoms. The molecule has 1 aromatic heterocycles. The maximum absolute atomic E-state index is 14.3. The number of tetrazole rings is 1. The van der Waals surface area contributed by atoms with E-state index >= 15 is 0 Å². The Morgan fingerprint density at radius 1 is 0.922 bits per heavy atom. The number of carbonyl (C=O) groups is 4. The molecule has 1 aliphatic rings. The van der Waals surface area contributed by atoms with Crippen LogP contribution in [-0.2, 0) is 20.7 Å². The van der Waals surface area contributed by atoms with E-state index in [4.69, 9.17) is 9.84 Å². The smallest absolute Gasteiger partial charge is 0.407 e. The van der Waals surface area contributed by atoms with Crippen LogP contribution in [0.4, 0.5) is 19.3 Å². The largest absolute Gasteiger partial charge is 0.477 e. The van der Waals surface area contributed by atoms with Crippen molar-refractivity contribution < 1.29 is 37.8 Å². The van der Waals surface area contributed by atoms with Gasteiger partial charge in [0, 0.05) is 30.1 Å². The Labute approximate surface area is 292 Å². The van der Waals surface area contributed by atoms with Crippen LogP contribution in [0.25, 0.3) is 22.5 Å². The van der Waals surface area contributed by atoms with Crippen LogP contribution in [0.3, 0.4) is 0 Å². The van der Waals surface area contributed by atoms with Crippen LogP contribution < -0.4 is 16.0 Å². The molecular weight excluding hydrogens is 664 g/mol. The summed E-state index contributed by atoms with van der Waals surface area (Å²) >= 11 is 0. The zero-order chi connectivity index (χ0) is 36.7. The third kappa shape index (κ3) is 9.93. The Hall–Kier alpha value is -5.73. The fourth-order valence-corrected chi connectivity index (χ4v) is 5.90. The zero-order valence-corrected chi connectivity index (χ0v) is 28.3. The average molecular weight is 704 g/mol. The maximum atomic E-state index is 14.3. The van der Waals surface area contributed by atoms with Gasteiger partial charge in [0.15, 0.2) is 0 Å². The van der Waals surface area contributed by atoms with Crippen LogP contribution >= 0.6 is 0 Å². The maximum Gasteiger partial charge on any atom is 0.407 e. The molecule has 5 N–H and O–H groups in total. The van der Waals surface area contributed by atoms with Gasteiger partial charge in [0.1, 0.15) is 28.8 Å². The first kappa shape index (κ1) is 36.5. The highest BCUT2D eigenvalue weighted by Crippen LogP contribution is 2.29. The van der Waals surface area contributed by atoms with Crippen LogP contribution in [-0.4, -0.2) is 67.8 Å². The van der Waals surface area contributed by atoms with Gasteiger partial charge < -0.3 is 25.8 Å². The van der Waals surface area contributed by atoms with Crippen LogP contribution in [0.15, 0.2) is 60.7 Å². The van der Waals surface area contributed by atoms with Gasteiger partial charge >= 0.3 is 12.1 Å². The molecule has 51 heavy (non-hydrogen) atoms.